The lowest BCUT2D eigenvalue weighted by Gasteiger charge is -2.38. The molecule has 1 saturated heterocycles. The van der Waals surface area contributed by atoms with Crippen molar-refractivity contribution in [3.05, 3.63) is 18.5 Å². The number of likely N-dealkylation sites (N-methyl/N-ethyl adjacent to an activating group) is 1. The van der Waals surface area contributed by atoms with E-state index < -0.39 is 0 Å². The normalized spacial score (nSPS) is 15.1. The van der Waals surface area contributed by atoms with Crippen molar-refractivity contribution >= 4 is 30.8 Å². The second-order valence-corrected chi connectivity index (χ2v) is 2.94. The summed E-state index contributed by atoms with van der Waals surface area (Å²) in [6.45, 7) is 2.03. The summed E-state index contributed by atoms with van der Waals surface area (Å²) in [7, 11) is 1.98. The van der Waals surface area contributed by atoms with Crippen LogP contribution in [0.1, 0.15) is 0 Å². The minimum atomic E-state index is 0. The Kier molecular flexibility index (Phi) is 5.76. The fraction of sp³-hybridized carbons (Fsp3) is 0.500. The van der Waals surface area contributed by atoms with Crippen molar-refractivity contribution in [2.75, 3.05) is 25.0 Å². The quantitative estimate of drug-likeness (QED) is 0.823. The lowest BCUT2D eigenvalue weighted by molar-refractivity contribution is 0.443. The molecule has 6 heteroatoms. The van der Waals surface area contributed by atoms with E-state index in [2.05, 4.69) is 20.2 Å². The molecule has 1 aromatic heterocycles. The molecule has 4 nitrogen and oxygen atoms in total. The summed E-state index contributed by atoms with van der Waals surface area (Å²) in [6, 6.07) is 2.44. The Morgan fingerprint density at radius 3 is 2.36 bits per heavy atom. The molecule has 0 aliphatic carbocycles. The van der Waals surface area contributed by atoms with E-state index >= 15 is 0 Å². The fourth-order valence-electron chi connectivity index (χ4n) is 1.28. The van der Waals surface area contributed by atoms with E-state index in [1.54, 1.807) is 12.4 Å². The van der Waals surface area contributed by atoms with Gasteiger partial charge in [-0.05, 0) is 13.1 Å². The van der Waals surface area contributed by atoms with Gasteiger partial charge in [0.15, 0.2) is 0 Å². The van der Waals surface area contributed by atoms with Crippen molar-refractivity contribution in [1.82, 2.24) is 15.3 Å². The Bertz CT molecular complexity index is 251. The molecule has 0 atom stereocenters. The van der Waals surface area contributed by atoms with Crippen LogP contribution in [0.3, 0.4) is 0 Å². The van der Waals surface area contributed by atoms with Gasteiger partial charge in [-0.15, -0.1) is 24.8 Å². The van der Waals surface area contributed by atoms with Crippen LogP contribution < -0.4 is 10.2 Å². The van der Waals surface area contributed by atoms with E-state index in [4.69, 9.17) is 0 Å². The van der Waals surface area contributed by atoms with Crippen LogP contribution >= 0.6 is 24.8 Å². The van der Waals surface area contributed by atoms with Crippen molar-refractivity contribution in [3.63, 3.8) is 0 Å². The lowest BCUT2D eigenvalue weighted by atomic mass is 10.1. The van der Waals surface area contributed by atoms with E-state index in [-0.39, 0.29) is 24.8 Å². The van der Waals surface area contributed by atoms with Gasteiger partial charge in [-0.25, -0.2) is 9.97 Å². The van der Waals surface area contributed by atoms with Gasteiger partial charge >= 0.3 is 0 Å². The summed E-state index contributed by atoms with van der Waals surface area (Å²) in [4.78, 5) is 10.5. The number of nitrogens with zero attached hydrogens (tertiary/aromatic N) is 3. The number of hydrogen-bond donors (Lipinski definition) is 1. The fourth-order valence-corrected chi connectivity index (χ4v) is 1.28. The zero-order chi connectivity index (χ0) is 8.39. The van der Waals surface area contributed by atoms with Crippen molar-refractivity contribution in [2.45, 2.75) is 6.04 Å². The second kappa shape index (κ2) is 6.01. The number of anilines is 1. The number of hydrogen-bond acceptors (Lipinski definition) is 4. The van der Waals surface area contributed by atoms with E-state index in [0.29, 0.717) is 6.04 Å². The number of rotatable bonds is 2. The monoisotopic (exact) mass is 236 g/mol. The molecule has 1 aliphatic heterocycles. The second-order valence-electron chi connectivity index (χ2n) is 2.94. The maximum absolute atomic E-state index is 4.16. The average molecular weight is 237 g/mol. The Hall–Kier alpha value is -0.580. The summed E-state index contributed by atoms with van der Waals surface area (Å²) >= 11 is 0. The third kappa shape index (κ3) is 2.70. The predicted molar refractivity (Wildman–Crippen MR) is 61.6 cm³/mol. The highest BCUT2D eigenvalue weighted by Crippen LogP contribution is 2.13. The van der Waals surface area contributed by atoms with Crippen LogP contribution in [0.2, 0.25) is 0 Å². The highest BCUT2D eigenvalue weighted by molar-refractivity contribution is 5.85. The van der Waals surface area contributed by atoms with Crippen LogP contribution in [0.4, 0.5) is 5.95 Å². The zero-order valence-electron chi connectivity index (χ0n) is 7.88. The summed E-state index contributed by atoms with van der Waals surface area (Å²) in [5.41, 5.74) is 0. The average Bonchev–Trinajstić information content (AvgIpc) is 2.04. The SMILES string of the molecule is CNC1CN(c2ncccn2)C1.Cl.Cl. The molecule has 0 aromatic carbocycles. The number of nitrogens with one attached hydrogen (secondary N) is 1. The Morgan fingerprint density at radius 1 is 1.29 bits per heavy atom. The molecule has 1 N–H and O–H groups in total. The molecule has 0 saturated carbocycles. The third-order valence-corrected chi connectivity index (χ3v) is 2.12. The highest BCUT2D eigenvalue weighted by Gasteiger charge is 2.26. The molecule has 14 heavy (non-hydrogen) atoms. The highest BCUT2D eigenvalue weighted by atomic mass is 35.5. The zero-order valence-corrected chi connectivity index (χ0v) is 9.51. The molecule has 0 spiro atoms. The molecule has 0 radical (unpaired) electrons. The molecule has 0 amide bonds. The third-order valence-electron chi connectivity index (χ3n) is 2.12. The van der Waals surface area contributed by atoms with Gasteiger partial charge in [0.2, 0.25) is 5.95 Å². The van der Waals surface area contributed by atoms with E-state index in [0.717, 1.165) is 19.0 Å². The predicted octanol–water partition coefficient (Wildman–Crippen LogP) is 0.728. The maximum Gasteiger partial charge on any atom is 0.225 e. The van der Waals surface area contributed by atoms with Crippen LogP contribution in [0.5, 0.6) is 0 Å². The van der Waals surface area contributed by atoms with Gasteiger partial charge in [0.25, 0.3) is 0 Å². The number of halogens is 2. The van der Waals surface area contributed by atoms with Crippen molar-refractivity contribution in [2.24, 2.45) is 0 Å². The van der Waals surface area contributed by atoms with Gasteiger partial charge in [0.05, 0.1) is 0 Å². The Balaban J connectivity index is 0.000000845. The van der Waals surface area contributed by atoms with Gasteiger partial charge in [-0.1, -0.05) is 0 Å². The first-order valence-electron chi connectivity index (χ1n) is 4.09. The smallest absolute Gasteiger partial charge is 0.225 e. The van der Waals surface area contributed by atoms with Crippen LogP contribution in [0, 0.1) is 0 Å². The van der Waals surface area contributed by atoms with Crippen molar-refractivity contribution in [1.29, 1.82) is 0 Å². The molecule has 0 bridgehead atoms. The van der Waals surface area contributed by atoms with Crippen LogP contribution in [0.25, 0.3) is 0 Å². The maximum atomic E-state index is 4.16. The Morgan fingerprint density at radius 2 is 1.86 bits per heavy atom. The van der Waals surface area contributed by atoms with Gasteiger partial charge in [0, 0.05) is 31.5 Å². The number of aromatic nitrogens is 2. The van der Waals surface area contributed by atoms with E-state index in [1.165, 1.54) is 0 Å². The minimum Gasteiger partial charge on any atom is -0.338 e. The van der Waals surface area contributed by atoms with Gasteiger partial charge in [-0.2, -0.15) is 0 Å². The molecule has 2 heterocycles. The Labute approximate surface area is 95.9 Å². The molecular formula is C8H14Cl2N4. The summed E-state index contributed by atoms with van der Waals surface area (Å²) in [5, 5.41) is 3.20. The topological polar surface area (TPSA) is 41.0 Å². The van der Waals surface area contributed by atoms with Crippen LogP contribution in [0.15, 0.2) is 18.5 Å². The van der Waals surface area contributed by atoms with E-state index in [1.807, 2.05) is 13.1 Å². The van der Waals surface area contributed by atoms with Crippen molar-refractivity contribution < 1.29 is 0 Å². The van der Waals surface area contributed by atoms with Gasteiger partial charge in [0.1, 0.15) is 0 Å². The molecule has 0 unspecified atom stereocenters. The minimum absolute atomic E-state index is 0. The first kappa shape index (κ1) is 13.4. The molecule has 1 aromatic rings. The molecule has 1 aliphatic rings. The molecule has 1 fully saturated rings. The van der Waals surface area contributed by atoms with Crippen molar-refractivity contribution in [3.8, 4) is 0 Å². The molecule has 80 valence electrons. The lowest BCUT2D eigenvalue weighted by Crippen LogP contribution is -2.57. The largest absolute Gasteiger partial charge is 0.338 e. The molecule has 2 rings (SSSR count). The molecular weight excluding hydrogens is 223 g/mol. The van der Waals surface area contributed by atoms with Crippen LogP contribution in [-0.2, 0) is 0 Å². The summed E-state index contributed by atoms with van der Waals surface area (Å²) < 4.78 is 0. The first-order chi connectivity index (χ1) is 5.90. The standard InChI is InChI=1S/C8H12N4.2ClH/c1-9-7-5-12(6-7)8-10-3-2-4-11-8;;/h2-4,7,9H,5-6H2,1H3;2*1H. The first-order valence-corrected chi connectivity index (χ1v) is 4.09. The van der Waals surface area contributed by atoms with Gasteiger partial charge < -0.3 is 10.2 Å². The summed E-state index contributed by atoms with van der Waals surface area (Å²) in [6.07, 6.45) is 3.55. The van der Waals surface area contributed by atoms with E-state index in [9.17, 15) is 0 Å². The van der Waals surface area contributed by atoms with Gasteiger partial charge in [-0.3, -0.25) is 0 Å². The summed E-state index contributed by atoms with van der Waals surface area (Å²) in [5.74, 6) is 0.837. The van der Waals surface area contributed by atoms with Crippen LogP contribution in [-0.4, -0.2) is 36.1 Å².